The van der Waals surface area contributed by atoms with Crippen molar-refractivity contribution < 1.29 is 18.3 Å². The molecular weight excluding hydrogens is 267 g/mol. The van der Waals surface area contributed by atoms with Crippen molar-refractivity contribution in [1.29, 1.82) is 0 Å². The summed E-state index contributed by atoms with van der Waals surface area (Å²) in [6.07, 6.45) is -4.40. The second-order valence-electron chi connectivity index (χ2n) is 4.50. The topological polar surface area (TPSA) is 33.1 Å². The van der Waals surface area contributed by atoms with Gasteiger partial charge in [0.1, 0.15) is 0 Å². The van der Waals surface area contributed by atoms with E-state index in [1.807, 2.05) is 0 Å². The van der Waals surface area contributed by atoms with Crippen LogP contribution in [0.4, 0.5) is 13.2 Å². The fraction of sp³-hybridized carbons (Fsp3) is 0.133. The molecule has 2 aromatic carbocycles. The van der Waals surface area contributed by atoms with Gasteiger partial charge >= 0.3 is 6.18 Å². The van der Waals surface area contributed by atoms with E-state index in [1.165, 1.54) is 6.07 Å². The number of halogens is 3. The number of nitrogens with zero attached hydrogens (tertiary/aromatic N) is 1. The molecule has 1 heterocycles. The van der Waals surface area contributed by atoms with Crippen LogP contribution in [0.2, 0.25) is 0 Å². The third kappa shape index (κ3) is 2.00. The molecule has 0 aliphatic carbocycles. The zero-order valence-corrected chi connectivity index (χ0v) is 10.3. The second-order valence-corrected chi connectivity index (χ2v) is 4.50. The van der Waals surface area contributed by atoms with Gasteiger partial charge in [0.15, 0.2) is 0 Å². The molecule has 0 radical (unpaired) electrons. The van der Waals surface area contributed by atoms with Gasteiger partial charge in [0.25, 0.3) is 0 Å². The van der Waals surface area contributed by atoms with Gasteiger partial charge in [0.05, 0.1) is 23.2 Å². The highest BCUT2D eigenvalue weighted by Crippen LogP contribution is 2.33. The van der Waals surface area contributed by atoms with Crippen LogP contribution in [-0.4, -0.2) is 10.1 Å². The summed E-state index contributed by atoms with van der Waals surface area (Å²) in [5.41, 5.74) is 0.668. The van der Waals surface area contributed by atoms with Crippen LogP contribution in [0, 0.1) is 0 Å². The quantitative estimate of drug-likeness (QED) is 0.684. The standard InChI is InChI=1S/C15H10F3NO/c16-15(17,18)9-5-6-11-12(8-20)10-3-1-2-4-13(10)19-14(11)7-9/h1-7,20H,8H2. The smallest absolute Gasteiger partial charge is 0.392 e. The van der Waals surface area contributed by atoms with Crippen molar-refractivity contribution in [3.63, 3.8) is 0 Å². The van der Waals surface area contributed by atoms with Gasteiger partial charge in [-0.05, 0) is 23.8 Å². The Morgan fingerprint density at radius 3 is 2.35 bits per heavy atom. The number of hydrogen-bond donors (Lipinski definition) is 1. The summed E-state index contributed by atoms with van der Waals surface area (Å²) in [4.78, 5) is 4.25. The van der Waals surface area contributed by atoms with Crippen molar-refractivity contribution in [2.45, 2.75) is 12.8 Å². The van der Waals surface area contributed by atoms with Crippen molar-refractivity contribution in [1.82, 2.24) is 4.98 Å². The third-order valence-corrected chi connectivity index (χ3v) is 3.28. The number of rotatable bonds is 1. The lowest BCUT2D eigenvalue weighted by atomic mass is 10.0. The molecule has 0 amide bonds. The van der Waals surface area contributed by atoms with Crippen LogP contribution < -0.4 is 0 Å². The highest BCUT2D eigenvalue weighted by atomic mass is 19.4. The van der Waals surface area contributed by atoms with Gasteiger partial charge in [-0.3, -0.25) is 0 Å². The summed E-state index contributed by atoms with van der Waals surface area (Å²) in [6, 6.07) is 10.5. The summed E-state index contributed by atoms with van der Waals surface area (Å²) in [6.45, 7) is -0.245. The van der Waals surface area contributed by atoms with Gasteiger partial charge in [0.2, 0.25) is 0 Å². The maximum Gasteiger partial charge on any atom is 0.416 e. The number of aromatic nitrogens is 1. The molecule has 3 aromatic rings. The number of hydrogen-bond acceptors (Lipinski definition) is 2. The molecule has 0 spiro atoms. The number of aliphatic hydroxyl groups is 1. The van der Waals surface area contributed by atoms with Crippen LogP contribution in [0.3, 0.4) is 0 Å². The van der Waals surface area contributed by atoms with E-state index < -0.39 is 11.7 Å². The monoisotopic (exact) mass is 277 g/mol. The van der Waals surface area contributed by atoms with E-state index in [0.717, 1.165) is 17.5 Å². The van der Waals surface area contributed by atoms with Crippen molar-refractivity contribution in [2.75, 3.05) is 0 Å². The average Bonchev–Trinajstić information content (AvgIpc) is 2.43. The van der Waals surface area contributed by atoms with E-state index in [0.29, 0.717) is 16.5 Å². The summed E-state index contributed by atoms with van der Waals surface area (Å²) in [7, 11) is 0. The number of para-hydroxylation sites is 1. The van der Waals surface area contributed by atoms with Crippen LogP contribution in [0.1, 0.15) is 11.1 Å². The lowest BCUT2D eigenvalue weighted by Crippen LogP contribution is -2.05. The molecule has 1 N–H and O–H groups in total. The van der Waals surface area contributed by atoms with Gasteiger partial charge in [0, 0.05) is 10.8 Å². The molecule has 0 atom stereocenters. The zero-order chi connectivity index (χ0) is 14.3. The predicted octanol–water partition coefficient (Wildman–Crippen LogP) is 3.90. The van der Waals surface area contributed by atoms with Gasteiger partial charge in [-0.15, -0.1) is 0 Å². The number of fused-ring (bicyclic) bond motifs is 2. The molecule has 0 aliphatic rings. The minimum Gasteiger partial charge on any atom is -0.392 e. The number of benzene rings is 2. The van der Waals surface area contributed by atoms with Crippen molar-refractivity contribution in [3.8, 4) is 0 Å². The molecule has 0 bridgehead atoms. The van der Waals surface area contributed by atoms with E-state index in [4.69, 9.17) is 0 Å². The molecule has 0 fully saturated rings. The van der Waals surface area contributed by atoms with Crippen LogP contribution in [0.5, 0.6) is 0 Å². The highest BCUT2D eigenvalue weighted by Gasteiger charge is 2.30. The Balaban J connectivity index is 2.39. The second kappa shape index (κ2) is 4.45. The Kier molecular flexibility index (Phi) is 2.87. The first-order chi connectivity index (χ1) is 9.50. The van der Waals surface area contributed by atoms with Crippen LogP contribution in [0.25, 0.3) is 21.8 Å². The van der Waals surface area contributed by atoms with Gasteiger partial charge in [-0.25, -0.2) is 4.98 Å². The molecular formula is C15H10F3NO. The minimum atomic E-state index is -4.40. The molecule has 5 heteroatoms. The Hall–Kier alpha value is -2.14. The SMILES string of the molecule is OCc1c2ccccc2nc2cc(C(F)(F)F)ccc12. The summed E-state index contributed by atoms with van der Waals surface area (Å²) in [5.74, 6) is 0. The van der Waals surface area contributed by atoms with E-state index >= 15 is 0 Å². The largest absolute Gasteiger partial charge is 0.416 e. The van der Waals surface area contributed by atoms with E-state index in [1.54, 1.807) is 24.3 Å². The van der Waals surface area contributed by atoms with Gasteiger partial charge < -0.3 is 5.11 Å². The first-order valence-electron chi connectivity index (χ1n) is 6.00. The molecule has 2 nitrogen and oxygen atoms in total. The normalized spacial score (nSPS) is 12.2. The Morgan fingerprint density at radius 1 is 0.950 bits per heavy atom. The number of aliphatic hydroxyl groups excluding tert-OH is 1. The first-order valence-corrected chi connectivity index (χ1v) is 6.00. The van der Waals surface area contributed by atoms with Gasteiger partial charge in [-0.1, -0.05) is 24.3 Å². The van der Waals surface area contributed by atoms with Crippen molar-refractivity contribution in [3.05, 3.63) is 53.6 Å². The fourth-order valence-corrected chi connectivity index (χ4v) is 2.33. The summed E-state index contributed by atoms with van der Waals surface area (Å²) in [5, 5.41) is 10.8. The summed E-state index contributed by atoms with van der Waals surface area (Å²) >= 11 is 0. The third-order valence-electron chi connectivity index (χ3n) is 3.28. The van der Waals surface area contributed by atoms with Crippen molar-refractivity contribution in [2.24, 2.45) is 0 Å². The molecule has 3 rings (SSSR count). The van der Waals surface area contributed by atoms with Gasteiger partial charge in [-0.2, -0.15) is 13.2 Å². The number of alkyl halides is 3. The predicted molar refractivity (Wildman–Crippen MR) is 70.2 cm³/mol. The number of pyridine rings is 1. The van der Waals surface area contributed by atoms with Crippen LogP contribution >= 0.6 is 0 Å². The van der Waals surface area contributed by atoms with E-state index in [2.05, 4.69) is 4.98 Å². The lowest BCUT2D eigenvalue weighted by Gasteiger charge is -2.11. The van der Waals surface area contributed by atoms with E-state index in [9.17, 15) is 18.3 Å². The lowest BCUT2D eigenvalue weighted by molar-refractivity contribution is -0.137. The van der Waals surface area contributed by atoms with Crippen LogP contribution in [0.15, 0.2) is 42.5 Å². The highest BCUT2D eigenvalue weighted by molar-refractivity contribution is 5.97. The van der Waals surface area contributed by atoms with E-state index in [-0.39, 0.29) is 12.1 Å². The molecule has 0 aliphatic heterocycles. The van der Waals surface area contributed by atoms with Crippen LogP contribution in [-0.2, 0) is 12.8 Å². The molecule has 1 aromatic heterocycles. The Bertz CT molecular complexity index is 796. The molecule has 0 unspecified atom stereocenters. The average molecular weight is 277 g/mol. The minimum absolute atomic E-state index is 0.238. The maximum atomic E-state index is 12.7. The molecule has 0 saturated carbocycles. The zero-order valence-electron chi connectivity index (χ0n) is 10.3. The Morgan fingerprint density at radius 2 is 1.65 bits per heavy atom. The Labute approximate surface area is 112 Å². The molecule has 20 heavy (non-hydrogen) atoms. The molecule has 102 valence electrons. The fourth-order valence-electron chi connectivity index (χ4n) is 2.33. The summed E-state index contributed by atoms with van der Waals surface area (Å²) < 4.78 is 38.2. The maximum absolute atomic E-state index is 12.7. The van der Waals surface area contributed by atoms with Crippen molar-refractivity contribution >= 4 is 21.8 Å². The first kappa shape index (κ1) is 12.9. The molecule has 0 saturated heterocycles.